The third kappa shape index (κ3) is 4.02. The van der Waals surface area contributed by atoms with E-state index in [1.54, 1.807) is 12.4 Å². The van der Waals surface area contributed by atoms with Crippen LogP contribution in [0.4, 0.5) is 11.5 Å². The maximum atomic E-state index is 13.7. The maximum absolute atomic E-state index is 13.7. The second kappa shape index (κ2) is 8.37. The van der Waals surface area contributed by atoms with E-state index in [9.17, 15) is 4.79 Å². The van der Waals surface area contributed by atoms with Gasteiger partial charge in [0, 0.05) is 41.6 Å². The number of rotatable bonds is 5. The molecule has 2 N–H and O–H groups in total. The highest BCUT2D eigenvalue weighted by Crippen LogP contribution is 2.39. The number of aromatic amines is 1. The molecule has 3 fully saturated rings. The van der Waals surface area contributed by atoms with Crippen molar-refractivity contribution in [3.63, 3.8) is 0 Å². The standard InChI is InChI=1S/C24H26Cl2N6O/c25-16-9-17(26)11-18(10-16)30-21(15-1-2-15)24(33)31-7-4-14-5-8-32(20(14)12-31)23-19-3-6-27-22(19)28-13-29-23/h3,6,9-11,13-15,20-21,30H,1-2,4-5,7-8,12H2,(H,27,28,29)/t14?,20?,21-/m1/s1. The Hall–Kier alpha value is -2.51. The number of amides is 1. The van der Waals surface area contributed by atoms with Gasteiger partial charge in [-0.1, -0.05) is 23.2 Å². The number of likely N-dealkylation sites (tertiary alicyclic amines) is 1. The third-order valence-corrected chi connectivity index (χ3v) is 7.76. The fourth-order valence-electron chi connectivity index (χ4n) is 5.52. The summed E-state index contributed by atoms with van der Waals surface area (Å²) >= 11 is 12.4. The molecular weight excluding hydrogens is 459 g/mol. The summed E-state index contributed by atoms with van der Waals surface area (Å²) in [5, 5.41) is 5.61. The Morgan fingerprint density at radius 1 is 1.09 bits per heavy atom. The van der Waals surface area contributed by atoms with Gasteiger partial charge in [-0.25, -0.2) is 9.97 Å². The van der Waals surface area contributed by atoms with E-state index >= 15 is 0 Å². The van der Waals surface area contributed by atoms with Crippen molar-refractivity contribution in [2.75, 3.05) is 29.9 Å². The molecule has 2 unspecified atom stereocenters. The number of nitrogens with one attached hydrogen (secondary N) is 2. The zero-order chi connectivity index (χ0) is 22.5. The lowest BCUT2D eigenvalue weighted by Gasteiger charge is -2.40. The van der Waals surface area contributed by atoms with E-state index in [1.165, 1.54) is 0 Å². The molecule has 2 saturated heterocycles. The van der Waals surface area contributed by atoms with Crippen molar-refractivity contribution in [3.8, 4) is 0 Å². The first-order chi connectivity index (χ1) is 16.1. The number of aromatic nitrogens is 3. The number of nitrogens with zero attached hydrogens (tertiary/aromatic N) is 4. The summed E-state index contributed by atoms with van der Waals surface area (Å²) in [6, 6.07) is 7.43. The molecule has 2 aromatic heterocycles. The van der Waals surface area contributed by atoms with Gasteiger partial charge < -0.3 is 20.1 Å². The topological polar surface area (TPSA) is 77.2 Å². The lowest BCUT2D eigenvalue weighted by Crippen LogP contribution is -2.54. The predicted molar refractivity (Wildman–Crippen MR) is 131 cm³/mol. The van der Waals surface area contributed by atoms with Crippen LogP contribution >= 0.6 is 23.2 Å². The largest absolute Gasteiger partial charge is 0.373 e. The number of hydrogen-bond donors (Lipinski definition) is 2. The van der Waals surface area contributed by atoms with Crippen LogP contribution in [-0.4, -0.2) is 57.5 Å². The summed E-state index contributed by atoms with van der Waals surface area (Å²) in [6.45, 7) is 2.49. The van der Waals surface area contributed by atoms with Crippen molar-refractivity contribution in [2.45, 2.75) is 37.8 Å². The number of benzene rings is 1. The number of anilines is 2. The monoisotopic (exact) mass is 484 g/mol. The molecule has 1 saturated carbocycles. The van der Waals surface area contributed by atoms with Gasteiger partial charge in [-0.05, 0) is 61.8 Å². The number of hydrogen-bond acceptors (Lipinski definition) is 5. The number of piperidine rings is 1. The average Bonchev–Trinajstić information content (AvgIpc) is 3.36. The Kier molecular flexibility index (Phi) is 5.34. The number of fused-ring (bicyclic) bond motifs is 2. The highest BCUT2D eigenvalue weighted by Gasteiger charge is 2.44. The van der Waals surface area contributed by atoms with E-state index in [2.05, 4.69) is 30.1 Å². The molecule has 0 spiro atoms. The molecule has 4 heterocycles. The molecule has 3 atom stereocenters. The van der Waals surface area contributed by atoms with Crippen molar-refractivity contribution in [2.24, 2.45) is 11.8 Å². The summed E-state index contributed by atoms with van der Waals surface area (Å²) in [5.74, 6) is 2.08. The predicted octanol–water partition coefficient (Wildman–Crippen LogP) is 4.58. The van der Waals surface area contributed by atoms with Gasteiger partial charge in [0.1, 0.15) is 23.8 Å². The van der Waals surface area contributed by atoms with E-state index in [0.29, 0.717) is 21.9 Å². The number of H-pyrrole nitrogens is 1. The van der Waals surface area contributed by atoms with Crippen LogP contribution in [0.2, 0.25) is 10.0 Å². The van der Waals surface area contributed by atoms with Crippen LogP contribution in [0.1, 0.15) is 25.7 Å². The van der Waals surface area contributed by atoms with Crippen molar-refractivity contribution < 1.29 is 4.79 Å². The lowest BCUT2D eigenvalue weighted by atomic mass is 9.91. The zero-order valence-corrected chi connectivity index (χ0v) is 19.7. The molecule has 0 bridgehead atoms. The summed E-state index contributed by atoms with van der Waals surface area (Å²) in [6.07, 6.45) is 7.81. The number of carbonyl (C=O) groups excluding carboxylic acids is 1. The molecule has 6 rings (SSSR count). The van der Waals surface area contributed by atoms with Gasteiger partial charge in [0.05, 0.1) is 11.4 Å². The van der Waals surface area contributed by atoms with Gasteiger partial charge in [-0.2, -0.15) is 0 Å². The van der Waals surface area contributed by atoms with Gasteiger partial charge in [0.2, 0.25) is 5.91 Å². The summed E-state index contributed by atoms with van der Waals surface area (Å²) in [4.78, 5) is 30.3. The average molecular weight is 485 g/mol. The minimum Gasteiger partial charge on any atom is -0.373 e. The summed E-state index contributed by atoms with van der Waals surface area (Å²) in [7, 11) is 0. The second-order valence-electron chi connectivity index (χ2n) is 9.44. The Morgan fingerprint density at radius 2 is 1.88 bits per heavy atom. The highest BCUT2D eigenvalue weighted by atomic mass is 35.5. The van der Waals surface area contributed by atoms with Crippen LogP contribution in [0, 0.1) is 11.8 Å². The molecule has 1 amide bonds. The van der Waals surface area contributed by atoms with E-state index in [-0.39, 0.29) is 18.0 Å². The van der Waals surface area contributed by atoms with Crippen LogP contribution in [0.5, 0.6) is 0 Å². The molecular formula is C24H26Cl2N6O. The normalized spacial score (nSPS) is 23.6. The van der Waals surface area contributed by atoms with Crippen molar-refractivity contribution in [3.05, 3.63) is 46.8 Å². The van der Waals surface area contributed by atoms with Gasteiger partial charge in [-0.15, -0.1) is 0 Å². The summed E-state index contributed by atoms with van der Waals surface area (Å²) < 4.78 is 0. The molecule has 1 aromatic carbocycles. The molecule has 0 radical (unpaired) electrons. The summed E-state index contributed by atoms with van der Waals surface area (Å²) in [5.41, 5.74) is 1.65. The van der Waals surface area contributed by atoms with Crippen molar-refractivity contribution >= 4 is 51.6 Å². The molecule has 3 aromatic rings. The SMILES string of the molecule is O=C([C@H](Nc1cc(Cl)cc(Cl)c1)C1CC1)N1CCC2CCN(c3ncnc4[nH]ccc34)C2C1. The lowest BCUT2D eigenvalue weighted by molar-refractivity contribution is -0.134. The van der Waals surface area contributed by atoms with Crippen molar-refractivity contribution in [1.29, 1.82) is 0 Å². The van der Waals surface area contributed by atoms with Crippen LogP contribution in [0.15, 0.2) is 36.8 Å². The van der Waals surface area contributed by atoms with Gasteiger partial charge in [0.15, 0.2) is 0 Å². The van der Waals surface area contributed by atoms with Crippen LogP contribution in [-0.2, 0) is 4.79 Å². The zero-order valence-electron chi connectivity index (χ0n) is 18.2. The Labute approximate surface area is 202 Å². The number of halogens is 2. The minimum absolute atomic E-state index is 0.174. The minimum atomic E-state index is -0.249. The van der Waals surface area contributed by atoms with Gasteiger partial charge >= 0.3 is 0 Å². The highest BCUT2D eigenvalue weighted by molar-refractivity contribution is 6.35. The third-order valence-electron chi connectivity index (χ3n) is 7.32. The first-order valence-electron chi connectivity index (χ1n) is 11.6. The Morgan fingerprint density at radius 3 is 2.67 bits per heavy atom. The Balaban J connectivity index is 1.22. The van der Waals surface area contributed by atoms with E-state index in [4.69, 9.17) is 23.2 Å². The molecule has 9 heteroatoms. The fourth-order valence-corrected chi connectivity index (χ4v) is 6.04. The fraction of sp³-hybridized carbons (Fsp3) is 0.458. The first kappa shape index (κ1) is 21.1. The van der Waals surface area contributed by atoms with Gasteiger partial charge in [0.25, 0.3) is 0 Å². The number of carbonyl (C=O) groups is 1. The van der Waals surface area contributed by atoms with Crippen LogP contribution < -0.4 is 10.2 Å². The van der Waals surface area contributed by atoms with E-state index < -0.39 is 0 Å². The molecule has 172 valence electrons. The van der Waals surface area contributed by atoms with Gasteiger partial charge in [-0.3, -0.25) is 4.79 Å². The molecule has 2 aliphatic heterocycles. The van der Waals surface area contributed by atoms with E-state index in [0.717, 1.165) is 67.9 Å². The first-order valence-corrected chi connectivity index (χ1v) is 12.4. The maximum Gasteiger partial charge on any atom is 0.245 e. The smallest absolute Gasteiger partial charge is 0.245 e. The molecule has 33 heavy (non-hydrogen) atoms. The Bertz CT molecular complexity index is 1170. The van der Waals surface area contributed by atoms with Crippen molar-refractivity contribution in [1.82, 2.24) is 19.9 Å². The van der Waals surface area contributed by atoms with E-state index in [1.807, 2.05) is 24.4 Å². The quantitative estimate of drug-likeness (QED) is 0.553. The van der Waals surface area contributed by atoms with Crippen LogP contribution in [0.3, 0.4) is 0 Å². The van der Waals surface area contributed by atoms with Crippen LogP contribution in [0.25, 0.3) is 11.0 Å². The second-order valence-corrected chi connectivity index (χ2v) is 10.3. The molecule has 3 aliphatic rings. The molecule has 7 nitrogen and oxygen atoms in total. The molecule has 1 aliphatic carbocycles.